The summed E-state index contributed by atoms with van der Waals surface area (Å²) in [5.74, 6) is -0.292. The van der Waals surface area contributed by atoms with Gasteiger partial charge in [0.1, 0.15) is 5.52 Å². The first-order chi connectivity index (χ1) is 11.6. The summed E-state index contributed by atoms with van der Waals surface area (Å²) in [5, 5.41) is 23.7. The minimum absolute atomic E-state index is 0.109. The molecule has 0 atom stereocenters. The lowest BCUT2D eigenvalue weighted by Gasteiger charge is -2.37. The van der Waals surface area contributed by atoms with Crippen LogP contribution in [0.15, 0.2) is 53.5 Å². The Morgan fingerprint density at radius 1 is 1.08 bits per heavy atom. The highest BCUT2D eigenvalue weighted by molar-refractivity contribution is 5.87. The van der Waals surface area contributed by atoms with Gasteiger partial charge in [-0.2, -0.15) is 0 Å². The number of hydrogen-bond donors (Lipinski definition) is 1. The van der Waals surface area contributed by atoms with E-state index in [2.05, 4.69) is 4.98 Å². The molecule has 1 fully saturated rings. The van der Waals surface area contributed by atoms with Crippen LogP contribution in [0.2, 0.25) is 0 Å². The fourth-order valence-electron chi connectivity index (χ4n) is 3.46. The van der Waals surface area contributed by atoms with Gasteiger partial charge in [0.05, 0.1) is 18.6 Å². The van der Waals surface area contributed by atoms with Crippen molar-refractivity contribution in [1.29, 1.82) is 0 Å². The van der Waals surface area contributed by atoms with E-state index in [1.54, 1.807) is 30.5 Å². The van der Waals surface area contributed by atoms with Crippen LogP contribution in [0.5, 0.6) is 5.75 Å². The van der Waals surface area contributed by atoms with Crippen molar-refractivity contribution in [3.8, 4) is 11.4 Å². The van der Waals surface area contributed by atoms with E-state index in [9.17, 15) is 15.1 Å². The number of aromatic hydroxyl groups is 1. The van der Waals surface area contributed by atoms with Crippen molar-refractivity contribution in [2.45, 2.75) is 12.8 Å². The largest absolute Gasteiger partial charge is 0.627 e. The van der Waals surface area contributed by atoms with E-state index in [1.807, 2.05) is 18.2 Å². The van der Waals surface area contributed by atoms with E-state index < -0.39 is 10.2 Å². The molecule has 0 unspecified atom stereocenters. The molecule has 6 heteroatoms. The molecule has 1 aliphatic heterocycles. The molecule has 0 aliphatic carbocycles. The number of para-hydroxylation sites is 1. The van der Waals surface area contributed by atoms with Crippen molar-refractivity contribution >= 4 is 16.7 Å². The lowest BCUT2D eigenvalue weighted by molar-refractivity contribution is 0.409. The molecule has 0 saturated carbocycles. The Bertz CT molecular complexity index is 960. The molecule has 2 aromatic heterocycles. The normalized spacial score (nSPS) is 16.5. The first-order valence-corrected chi connectivity index (χ1v) is 7.99. The van der Waals surface area contributed by atoms with Crippen LogP contribution < -0.4 is 10.2 Å². The fourth-order valence-corrected chi connectivity index (χ4v) is 3.46. The Morgan fingerprint density at radius 3 is 2.50 bits per heavy atom. The van der Waals surface area contributed by atoms with Gasteiger partial charge in [0, 0.05) is 24.7 Å². The first-order valence-electron chi connectivity index (χ1n) is 7.99. The number of fused-ring (bicyclic) bond motifs is 1. The lowest BCUT2D eigenvalue weighted by Crippen LogP contribution is -2.44. The highest BCUT2D eigenvalue weighted by Gasteiger charge is 2.34. The summed E-state index contributed by atoms with van der Waals surface area (Å²) in [6, 6.07) is 12.5. The Morgan fingerprint density at radius 2 is 1.79 bits per heavy atom. The SMILES string of the molecule is O=c1c([N+]2([O-])CCCC2)c(O)c2ncccc2n1-c1ccccc1. The van der Waals surface area contributed by atoms with E-state index in [0.717, 1.165) is 12.8 Å². The van der Waals surface area contributed by atoms with Crippen molar-refractivity contribution in [1.82, 2.24) is 14.2 Å². The predicted molar refractivity (Wildman–Crippen MR) is 93.1 cm³/mol. The Balaban J connectivity index is 2.14. The summed E-state index contributed by atoms with van der Waals surface area (Å²) in [7, 11) is 0. The van der Waals surface area contributed by atoms with Crippen molar-refractivity contribution in [2.24, 2.45) is 0 Å². The van der Waals surface area contributed by atoms with Crippen molar-refractivity contribution in [3.05, 3.63) is 64.2 Å². The van der Waals surface area contributed by atoms with Gasteiger partial charge >= 0.3 is 5.56 Å². The molecule has 3 aromatic rings. The van der Waals surface area contributed by atoms with Crippen LogP contribution in [0.3, 0.4) is 0 Å². The average Bonchev–Trinajstić information content (AvgIpc) is 3.03. The smallest absolute Gasteiger partial charge is 0.321 e. The fraction of sp³-hybridized carbons (Fsp3) is 0.222. The molecule has 1 aromatic carbocycles. The number of benzene rings is 1. The minimum Gasteiger partial charge on any atom is -0.627 e. The summed E-state index contributed by atoms with van der Waals surface area (Å²) in [4.78, 5) is 17.4. The second-order valence-electron chi connectivity index (χ2n) is 6.09. The molecule has 3 heterocycles. The number of hydroxylamine groups is 2. The van der Waals surface area contributed by atoms with Crippen LogP contribution >= 0.6 is 0 Å². The molecule has 24 heavy (non-hydrogen) atoms. The molecule has 1 N–H and O–H groups in total. The highest BCUT2D eigenvalue weighted by Crippen LogP contribution is 2.37. The van der Waals surface area contributed by atoms with Gasteiger partial charge in [-0.25, -0.2) is 0 Å². The predicted octanol–water partition coefficient (Wildman–Crippen LogP) is 2.69. The number of pyridine rings is 2. The molecular weight excluding hydrogens is 306 g/mol. The van der Waals surface area contributed by atoms with E-state index in [0.29, 0.717) is 24.3 Å². The van der Waals surface area contributed by atoms with Gasteiger partial charge in [0.25, 0.3) is 0 Å². The molecule has 0 radical (unpaired) electrons. The Labute approximate surface area is 138 Å². The summed E-state index contributed by atoms with van der Waals surface area (Å²) in [6.07, 6.45) is 3.03. The summed E-state index contributed by atoms with van der Waals surface area (Å²) < 4.78 is 0.678. The third-order valence-corrected chi connectivity index (χ3v) is 4.59. The third-order valence-electron chi connectivity index (χ3n) is 4.59. The lowest BCUT2D eigenvalue weighted by atomic mass is 10.2. The highest BCUT2D eigenvalue weighted by atomic mass is 16.5. The van der Waals surface area contributed by atoms with Crippen molar-refractivity contribution in [3.63, 3.8) is 0 Å². The summed E-state index contributed by atoms with van der Waals surface area (Å²) >= 11 is 0. The van der Waals surface area contributed by atoms with Crippen LogP contribution in [0.4, 0.5) is 5.69 Å². The molecule has 0 amide bonds. The minimum atomic E-state index is -0.788. The maximum absolute atomic E-state index is 13.2. The van der Waals surface area contributed by atoms with Crippen LogP contribution in [0.1, 0.15) is 12.8 Å². The van der Waals surface area contributed by atoms with Gasteiger partial charge in [-0.1, -0.05) is 18.2 Å². The van der Waals surface area contributed by atoms with Gasteiger partial charge in [-0.05, 0) is 24.3 Å². The standard InChI is InChI=1S/C18H17N3O3/c22-17-15-14(9-6-10-19-15)20(13-7-2-1-3-8-13)18(23)16(17)21(24)11-4-5-12-21/h1-3,6-10,22H,4-5,11-12H2. The molecule has 1 saturated heterocycles. The quantitative estimate of drug-likeness (QED) is 0.581. The van der Waals surface area contributed by atoms with Gasteiger partial charge < -0.3 is 15.0 Å². The zero-order chi connectivity index (χ0) is 16.7. The number of aromatic nitrogens is 2. The van der Waals surface area contributed by atoms with E-state index in [1.165, 1.54) is 4.57 Å². The average molecular weight is 323 g/mol. The second kappa shape index (κ2) is 5.43. The molecule has 0 bridgehead atoms. The second-order valence-corrected chi connectivity index (χ2v) is 6.09. The zero-order valence-corrected chi connectivity index (χ0v) is 13.1. The number of rotatable bonds is 2. The van der Waals surface area contributed by atoms with Gasteiger partial charge in [-0.3, -0.25) is 14.3 Å². The van der Waals surface area contributed by atoms with Crippen LogP contribution in [0, 0.1) is 5.21 Å². The summed E-state index contributed by atoms with van der Waals surface area (Å²) in [6.45, 7) is 0.603. The van der Waals surface area contributed by atoms with E-state index in [4.69, 9.17) is 0 Å². The van der Waals surface area contributed by atoms with Crippen LogP contribution in [0.25, 0.3) is 16.7 Å². The van der Waals surface area contributed by atoms with Gasteiger partial charge in [0.2, 0.25) is 11.4 Å². The van der Waals surface area contributed by atoms with E-state index in [-0.39, 0.29) is 17.0 Å². The molecule has 6 nitrogen and oxygen atoms in total. The molecule has 4 rings (SSSR count). The Hall–Kier alpha value is -2.70. The monoisotopic (exact) mass is 323 g/mol. The van der Waals surface area contributed by atoms with Gasteiger partial charge in [0.15, 0.2) is 0 Å². The van der Waals surface area contributed by atoms with Gasteiger partial charge in [-0.15, -0.1) is 0 Å². The maximum Gasteiger partial charge on any atom is 0.321 e. The third kappa shape index (κ3) is 2.11. The number of nitrogens with zero attached hydrogens (tertiary/aromatic N) is 3. The van der Waals surface area contributed by atoms with E-state index >= 15 is 0 Å². The van der Waals surface area contributed by atoms with Crippen molar-refractivity contribution in [2.75, 3.05) is 13.1 Å². The van der Waals surface area contributed by atoms with Crippen LogP contribution in [-0.2, 0) is 0 Å². The zero-order valence-electron chi connectivity index (χ0n) is 13.1. The topological polar surface area (TPSA) is 78.2 Å². The first kappa shape index (κ1) is 14.9. The number of hydrogen-bond acceptors (Lipinski definition) is 4. The molecular formula is C18H17N3O3. The summed E-state index contributed by atoms with van der Waals surface area (Å²) in [5.41, 5.74) is 0.822. The molecule has 1 aliphatic rings. The Kier molecular flexibility index (Phi) is 3.37. The maximum atomic E-state index is 13.2. The van der Waals surface area contributed by atoms with Crippen molar-refractivity contribution < 1.29 is 5.11 Å². The molecule has 0 spiro atoms. The molecule has 122 valence electrons. The van der Waals surface area contributed by atoms with Crippen LogP contribution in [-0.4, -0.2) is 27.7 Å². The number of quaternary nitrogens is 1.